The Bertz CT molecular complexity index is 580. The van der Waals surface area contributed by atoms with Crippen LogP contribution in [0.3, 0.4) is 0 Å². The lowest BCUT2D eigenvalue weighted by molar-refractivity contribution is 1.16. The van der Waals surface area contributed by atoms with Crippen molar-refractivity contribution in [2.75, 3.05) is 0 Å². The molecule has 83 valence electrons. The highest BCUT2D eigenvalue weighted by molar-refractivity contribution is 6.00. The van der Waals surface area contributed by atoms with Gasteiger partial charge in [-0.25, -0.2) is 4.99 Å². The molecule has 1 radical (unpaired) electrons. The van der Waals surface area contributed by atoms with E-state index in [0.29, 0.717) is 11.7 Å². The Morgan fingerprint density at radius 1 is 0.882 bits per heavy atom. The van der Waals surface area contributed by atoms with Crippen molar-refractivity contribution in [2.24, 2.45) is 15.2 Å². The highest BCUT2D eigenvalue weighted by Gasteiger charge is 2.13. The summed E-state index contributed by atoms with van der Waals surface area (Å²) in [6.45, 7) is 0. The van der Waals surface area contributed by atoms with Crippen molar-refractivity contribution in [3.63, 3.8) is 0 Å². The largest absolute Gasteiger partial charge is 0.205 e. The Kier molecular flexibility index (Phi) is 2.50. The Hall–Kier alpha value is -2.29. The normalized spacial score (nSPS) is 22.0. The molecule has 1 aliphatic heterocycles. The molecular formula is C14H12N3. The van der Waals surface area contributed by atoms with Crippen molar-refractivity contribution in [1.29, 1.82) is 0 Å². The quantitative estimate of drug-likeness (QED) is 0.695. The van der Waals surface area contributed by atoms with Crippen molar-refractivity contribution in [3.05, 3.63) is 78.0 Å². The van der Waals surface area contributed by atoms with Gasteiger partial charge in [-0.2, -0.15) is 0 Å². The van der Waals surface area contributed by atoms with Crippen molar-refractivity contribution in [1.82, 2.24) is 0 Å². The Balaban J connectivity index is 0.00000120. The van der Waals surface area contributed by atoms with E-state index in [1.807, 2.05) is 61.1 Å². The molecule has 0 amide bonds. The SMILES string of the molecule is [CH]1C=CC=C/C1=C1/N=NC(c2ccccc2)=N1.[HH]. The molecule has 0 N–H and O–H groups in total. The third kappa shape index (κ3) is 1.99. The van der Waals surface area contributed by atoms with E-state index in [0.717, 1.165) is 11.1 Å². The summed E-state index contributed by atoms with van der Waals surface area (Å²) in [6, 6.07) is 9.86. The minimum absolute atomic E-state index is 0. The number of azo groups is 1. The summed E-state index contributed by atoms with van der Waals surface area (Å²) in [5, 5.41) is 8.20. The Morgan fingerprint density at radius 3 is 2.53 bits per heavy atom. The lowest BCUT2D eigenvalue weighted by Gasteiger charge is -2.00. The van der Waals surface area contributed by atoms with Crippen LogP contribution in [0.15, 0.2) is 81.3 Å². The van der Waals surface area contributed by atoms with E-state index < -0.39 is 0 Å². The Morgan fingerprint density at radius 2 is 1.76 bits per heavy atom. The monoisotopic (exact) mass is 222 g/mol. The van der Waals surface area contributed by atoms with E-state index >= 15 is 0 Å². The lowest BCUT2D eigenvalue weighted by atomic mass is 10.1. The number of hydrogen-bond donors (Lipinski definition) is 0. The number of nitrogens with zero attached hydrogens (tertiary/aromatic N) is 3. The standard InChI is InChI=1S/C14H10N3.H2/c1-3-7-11(8-4-1)13-15-14(17-16-13)12-9-5-2-6-10-12;/h1-10H;1H. The maximum Gasteiger partial charge on any atom is 0.183 e. The number of allylic oxidation sites excluding steroid dienone is 5. The summed E-state index contributed by atoms with van der Waals surface area (Å²) in [4.78, 5) is 4.43. The van der Waals surface area contributed by atoms with E-state index in [1.165, 1.54) is 0 Å². The molecule has 1 aliphatic carbocycles. The molecule has 3 rings (SSSR count). The van der Waals surface area contributed by atoms with Gasteiger partial charge in [0.2, 0.25) is 0 Å². The fourth-order valence-electron chi connectivity index (χ4n) is 1.66. The Labute approximate surface area is 101 Å². The number of rotatable bonds is 1. The van der Waals surface area contributed by atoms with Crippen LogP contribution >= 0.6 is 0 Å². The van der Waals surface area contributed by atoms with Crippen LogP contribution in [0.2, 0.25) is 0 Å². The summed E-state index contributed by atoms with van der Waals surface area (Å²) in [5.41, 5.74) is 1.98. The highest BCUT2D eigenvalue weighted by Crippen LogP contribution is 2.22. The number of aliphatic imine (C=N–C) groups is 1. The summed E-state index contributed by atoms with van der Waals surface area (Å²) in [5.74, 6) is 1.34. The molecule has 0 bridgehead atoms. The number of benzene rings is 1. The van der Waals surface area contributed by atoms with Gasteiger partial charge < -0.3 is 0 Å². The van der Waals surface area contributed by atoms with Crippen LogP contribution in [-0.4, -0.2) is 5.84 Å². The van der Waals surface area contributed by atoms with Gasteiger partial charge in [0.15, 0.2) is 11.7 Å². The van der Waals surface area contributed by atoms with Crippen molar-refractivity contribution in [2.45, 2.75) is 0 Å². The van der Waals surface area contributed by atoms with Gasteiger partial charge in [-0.15, -0.1) is 10.2 Å². The van der Waals surface area contributed by atoms with Crippen molar-refractivity contribution in [3.8, 4) is 0 Å². The topological polar surface area (TPSA) is 37.1 Å². The summed E-state index contributed by atoms with van der Waals surface area (Å²) in [7, 11) is 0. The van der Waals surface area contributed by atoms with Gasteiger partial charge in [-0.05, 0) is 0 Å². The first-order valence-corrected chi connectivity index (χ1v) is 5.42. The van der Waals surface area contributed by atoms with Gasteiger partial charge >= 0.3 is 0 Å². The molecule has 3 nitrogen and oxygen atoms in total. The van der Waals surface area contributed by atoms with Gasteiger partial charge in [-0.3, -0.25) is 0 Å². The fraction of sp³-hybridized carbons (Fsp3) is 0. The summed E-state index contributed by atoms with van der Waals surface area (Å²) < 4.78 is 0. The molecule has 17 heavy (non-hydrogen) atoms. The molecule has 2 aliphatic rings. The third-order valence-electron chi connectivity index (χ3n) is 2.52. The molecular weight excluding hydrogens is 210 g/mol. The van der Waals surface area contributed by atoms with E-state index in [9.17, 15) is 0 Å². The zero-order valence-electron chi connectivity index (χ0n) is 9.12. The van der Waals surface area contributed by atoms with Gasteiger partial charge in [0.25, 0.3) is 0 Å². The van der Waals surface area contributed by atoms with E-state index in [2.05, 4.69) is 15.2 Å². The zero-order chi connectivity index (χ0) is 11.5. The first kappa shape index (κ1) is 9.90. The molecule has 1 aromatic carbocycles. The van der Waals surface area contributed by atoms with Crippen LogP contribution in [-0.2, 0) is 0 Å². The van der Waals surface area contributed by atoms with Gasteiger partial charge in [-0.1, -0.05) is 54.6 Å². The fourth-order valence-corrected chi connectivity index (χ4v) is 1.66. The first-order chi connectivity index (χ1) is 8.43. The number of hydrogen-bond acceptors (Lipinski definition) is 3. The maximum absolute atomic E-state index is 4.43. The van der Waals surface area contributed by atoms with Crippen LogP contribution in [0.4, 0.5) is 0 Å². The molecule has 1 heterocycles. The van der Waals surface area contributed by atoms with Crippen LogP contribution in [0.1, 0.15) is 6.99 Å². The summed E-state index contributed by atoms with van der Waals surface area (Å²) in [6.07, 6.45) is 9.86. The van der Waals surface area contributed by atoms with Crippen LogP contribution in [0, 0.1) is 6.42 Å². The molecule has 0 spiro atoms. The minimum atomic E-state index is 0. The average molecular weight is 222 g/mol. The minimum Gasteiger partial charge on any atom is -0.205 e. The average Bonchev–Trinajstić information content (AvgIpc) is 2.90. The van der Waals surface area contributed by atoms with Gasteiger partial charge in [0, 0.05) is 19.0 Å². The molecule has 0 fully saturated rings. The molecule has 0 unspecified atom stereocenters. The highest BCUT2D eigenvalue weighted by atomic mass is 15.3. The maximum atomic E-state index is 4.43. The first-order valence-electron chi connectivity index (χ1n) is 5.42. The second-order valence-electron chi connectivity index (χ2n) is 3.69. The van der Waals surface area contributed by atoms with E-state index in [1.54, 1.807) is 0 Å². The third-order valence-corrected chi connectivity index (χ3v) is 2.52. The molecule has 1 aromatic rings. The smallest absolute Gasteiger partial charge is 0.183 e. The summed E-state index contributed by atoms with van der Waals surface area (Å²) >= 11 is 0. The molecule has 0 saturated carbocycles. The van der Waals surface area contributed by atoms with Gasteiger partial charge in [0.05, 0.1) is 0 Å². The molecule has 0 saturated heterocycles. The van der Waals surface area contributed by atoms with Crippen molar-refractivity contribution >= 4 is 5.84 Å². The molecule has 3 heteroatoms. The predicted molar refractivity (Wildman–Crippen MR) is 69.6 cm³/mol. The van der Waals surface area contributed by atoms with Crippen molar-refractivity contribution < 1.29 is 1.43 Å². The van der Waals surface area contributed by atoms with Crippen LogP contribution < -0.4 is 0 Å². The lowest BCUT2D eigenvalue weighted by Crippen LogP contribution is -1.92. The van der Waals surface area contributed by atoms with E-state index in [4.69, 9.17) is 0 Å². The van der Waals surface area contributed by atoms with Crippen LogP contribution in [0.25, 0.3) is 0 Å². The van der Waals surface area contributed by atoms with E-state index in [-0.39, 0.29) is 1.43 Å². The van der Waals surface area contributed by atoms with Gasteiger partial charge in [0.1, 0.15) is 0 Å². The molecule has 0 atom stereocenters. The second-order valence-corrected chi connectivity index (χ2v) is 3.69. The zero-order valence-corrected chi connectivity index (χ0v) is 9.12. The second kappa shape index (κ2) is 4.29. The van der Waals surface area contributed by atoms with Crippen LogP contribution in [0.5, 0.6) is 0 Å². The molecule has 0 aromatic heterocycles. The predicted octanol–water partition coefficient (Wildman–Crippen LogP) is 3.69. The number of amidine groups is 1.